The molecule has 3 N–H and O–H groups in total. The maximum absolute atomic E-state index is 13.7. The van der Waals surface area contributed by atoms with Gasteiger partial charge in [-0.25, -0.2) is 18.8 Å². The van der Waals surface area contributed by atoms with Crippen molar-refractivity contribution in [3.05, 3.63) is 96.2 Å². The van der Waals surface area contributed by atoms with Gasteiger partial charge in [0, 0.05) is 41.1 Å². The van der Waals surface area contributed by atoms with Crippen molar-refractivity contribution >= 4 is 46.6 Å². The molecule has 1 aliphatic heterocycles. The van der Waals surface area contributed by atoms with Gasteiger partial charge in [-0.3, -0.25) is 9.59 Å². The third-order valence-corrected chi connectivity index (χ3v) is 6.55. The number of halogens is 2. The van der Waals surface area contributed by atoms with Gasteiger partial charge in [-0.05, 0) is 79.6 Å². The van der Waals surface area contributed by atoms with Gasteiger partial charge >= 0.3 is 0 Å². The summed E-state index contributed by atoms with van der Waals surface area (Å²) in [5, 5.41) is 8.64. The van der Waals surface area contributed by atoms with Crippen LogP contribution in [0.4, 0.5) is 37.3 Å². The Labute approximate surface area is 221 Å². The normalized spacial score (nSPS) is 14.2. The molecule has 0 saturated heterocycles. The summed E-state index contributed by atoms with van der Waals surface area (Å²) in [4.78, 5) is 34.5. The molecule has 3 aromatic carbocycles. The molecule has 194 valence electrons. The van der Waals surface area contributed by atoms with E-state index in [1.165, 1.54) is 36.4 Å². The van der Waals surface area contributed by atoms with Crippen LogP contribution in [0.1, 0.15) is 18.4 Å². The van der Waals surface area contributed by atoms with Gasteiger partial charge in [-0.15, -0.1) is 0 Å². The first-order valence-corrected chi connectivity index (χ1v) is 12.2. The maximum atomic E-state index is 13.7. The number of aliphatic imine (C=N–C) groups is 1. The number of hydrogen-bond acceptors (Lipinski definition) is 6. The summed E-state index contributed by atoms with van der Waals surface area (Å²) in [5.41, 5.74) is 1.46. The van der Waals surface area contributed by atoms with E-state index in [0.29, 0.717) is 58.5 Å². The number of pyridine rings is 1. The molecule has 2 amide bonds. The lowest BCUT2D eigenvalue weighted by Gasteiger charge is -2.16. The third kappa shape index (κ3) is 4.91. The number of benzene rings is 3. The SMILES string of the molecule is O=C(Nc1ccc(F)cc1)C1(C(=O)Nc2ccc(Oc3ccnc4c3N=Cc3cc(F)ccc3N4)cc2)CC1. The second-order valence-electron chi connectivity index (χ2n) is 9.24. The highest BCUT2D eigenvalue weighted by Gasteiger charge is 2.56. The van der Waals surface area contributed by atoms with Crippen molar-refractivity contribution < 1.29 is 23.1 Å². The molecular formula is C29H21F2N5O3. The predicted octanol–water partition coefficient (Wildman–Crippen LogP) is 6.32. The van der Waals surface area contributed by atoms with E-state index >= 15 is 0 Å². The number of amides is 2. The molecule has 1 aliphatic carbocycles. The Bertz CT molecular complexity index is 1620. The van der Waals surface area contributed by atoms with Crippen molar-refractivity contribution in [1.29, 1.82) is 0 Å². The molecule has 39 heavy (non-hydrogen) atoms. The van der Waals surface area contributed by atoms with Gasteiger partial charge in [0.25, 0.3) is 0 Å². The molecule has 0 radical (unpaired) electrons. The molecule has 0 atom stereocenters. The number of aromatic nitrogens is 1. The second-order valence-corrected chi connectivity index (χ2v) is 9.24. The van der Waals surface area contributed by atoms with Crippen molar-refractivity contribution in [1.82, 2.24) is 4.98 Å². The van der Waals surface area contributed by atoms with E-state index in [4.69, 9.17) is 4.74 Å². The van der Waals surface area contributed by atoms with Crippen molar-refractivity contribution in [3.63, 3.8) is 0 Å². The Morgan fingerprint density at radius 2 is 1.49 bits per heavy atom. The average Bonchev–Trinajstić information content (AvgIpc) is 3.76. The fourth-order valence-electron chi connectivity index (χ4n) is 4.20. The van der Waals surface area contributed by atoms with Crippen LogP contribution in [0.15, 0.2) is 84.0 Å². The highest BCUT2D eigenvalue weighted by Crippen LogP contribution is 2.47. The smallest absolute Gasteiger partial charge is 0.240 e. The van der Waals surface area contributed by atoms with Gasteiger partial charge in [0.15, 0.2) is 11.6 Å². The van der Waals surface area contributed by atoms with E-state index < -0.39 is 23.0 Å². The van der Waals surface area contributed by atoms with Gasteiger partial charge in [-0.1, -0.05) is 0 Å². The summed E-state index contributed by atoms with van der Waals surface area (Å²) in [5.74, 6) is -0.235. The molecule has 0 unspecified atom stereocenters. The summed E-state index contributed by atoms with van der Waals surface area (Å²) in [6.45, 7) is 0. The van der Waals surface area contributed by atoms with Gasteiger partial charge in [0.05, 0.1) is 0 Å². The zero-order chi connectivity index (χ0) is 27.0. The first-order chi connectivity index (χ1) is 18.9. The lowest BCUT2D eigenvalue weighted by atomic mass is 10.0. The minimum atomic E-state index is -1.16. The van der Waals surface area contributed by atoms with E-state index in [1.54, 1.807) is 48.8 Å². The zero-order valence-corrected chi connectivity index (χ0v) is 20.4. The molecule has 1 saturated carbocycles. The van der Waals surface area contributed by atoms with Crippen molar-refractivity contribution in [2.24, 2.45) is 10.4 Å². The van der Waals surface area contributed by atoms with Crippen LogP contribution in [0.25, 0.3) is 0 Å². The number of nitrogens with one attached hydrogen (secondary N) is 3. The standard InChI is InChI=1S/C29H21F2N5O3/c30-18-1-4-20(5-2-18)34-27(37)29(12-13-29)28(38)35-21-6-8-22(9-7-21)39-24-11-14-32-26-25(24)33-16-17-15-19(31)3-10-23(17)36-26/h1-11,14-16H,12-13H2,(H,32,36)(H,34,37)(H,35,38). The largest absolute Gasteiger partial charge is 0.455 e. The van der Waals surface area contributed by atoms with Crippen LogP contribution in [0, 0.1) is 17.0 Å². The van der Waals surface area contributed by atoms with E-state index in [-0.39, 0.29) is 5.82 Å². The highest BCUT2D eigenvalue weighted by atomic mass is 19.1. The molecule has 2 heterocycles. The van der Waals surface area contributed by atoms with Gasteiger partial charge in [0.2, 0.25) is 11.8 Å². The molecule has 4 aromatic rings. The van der Waals surface area contributed by atoms with Crippen molar-refractivity contribution in [2.75, 3.05) is 16.0 Å². The number of hydrogen-bond donors (Lipinski definition) is 3. The predicted molar refractivity (Wildman–Crippen MR) is 143 cm³/mol. The molecule has 1 fully saturated rings. The monoisotopic (exact) mass is 525 g/mol. The van der Waals surface area contributed by atoms with Crippen LogP contribution < -0.4 is 20.7 Å². The first kappa shape index (κ1) is 24.2. The van der Waals surface area contributed by atoms with Crippen LogP contribution in [0.3, 0.4) is 0 Å². The lowest BCUT2D eigenvalue weighted by molar-refractivity contribution is -0.131. The molecule has 0 bridgehead atoms. The minimum absolute atomic E-state index is 0.370. The van der Waals surface area contributed by atoms with Crippen LogP contribution >= 0.6 is 0 Å². The molecular weight excluding hydrogens is 504 g/mol. The van der Waals surface area contributed by atoms with Crippen LogP contribution in [0.5, 0.6) is 11.5 Å². The second kappa shape index (κ2) is 9.64. The Kier molecular flexibility index (Phi) is 5.99. The Morgan fingerprint density at radius 3 is 2.15 bits per heavy atom. The lowest BCUT2D eigenvalue weighted by Crippen LogP contribution is -2.35. The van der Waals surface area contributed by atoms with E-state index in [9.17, 15) is 18.4 Å². The average molecular weight is 526 g/mol. The fourth-order valence-corrected chi connectivity index (χ4v) is 4.20. The van der Waals surface area contributed by atoms with E-state index in [1.807, 2.05) is 0 Å². The molecule has 1 aromatic heterocycles. The number of nitrogens with zero attached hydrogens (tertiary/aromatic N) is 2. The Morgan fingerprint density at radius 1 is 0.846 bits per heavy atom. The Hall–Kier alpha value is -5.12. The molecule has 2 aliphatic rings. The summed E-state index contributed by atoms with van der Waals surface area (Å²) in [6, 6.07) is 18.1. The summed E-state index contributed by atoms with van der Waals surface area (Å²) >= 11 is 0. The Balaban J connectivity index is 1.13. The number of carbonyl (C=O) groups is 2. The number of anilines is 4. The molecule has 10 heteroatoms. The number of carbonyl (C=O) groups excluding carboxylic acids is 2. The number of fused-ring (bicyclic) bond motifs is 2. The summed E-state index contributed by atoms with van der Waals surface area (Å²) < 4.78 is 32.8. The molecule has 0 spiro atoms. The summed E-state index contributed by atoms with van der Waals surface area (Å²) in [6.07, 6.45) is 3.97. The van der Waals surface area contributed by atoms with Crippen LogP contribution in [0.2, 0.25) is 0 Å². The van der Waals surface area contributed by atoms with Crippen molar-refractivity contribution in [3.8, 4) is 11.5 Å². The number of rotatable bonds is 6. The maximum Gasteiger partial charge on any atom is 0.240 e. The fraction of sp³-hybridized carbons (Fsp3) is 0.103. The minimum Gasteiger partial charge on any atom is -0.455 e. The zero-order valence-electron chi connectivity index (χ0n) is 20.4. The highest BCUT2D eigenvalue weighted by molar-refractivity contribution is 6.16. The van der Waals surface area contributed by atoms with Gasteiger partial charge in [0.1, 0.15) is 28.5 Å². The topological polar surface area (TPSA) is 105 Å². The third-order valence-electron chi connectivity index (χ3n) is 6.55. The van der Waals surface area contributed by atoms with Crippen LogP contribution in [-0.2, 0) is 9.59 Å². The van der Waals surface area contributed by atoms with Gasteiger partial charge < -0.3 is 20.7 Å². The summed E-state index contributed by atoms with van der Waals surface area (Å²) in [7, 11) is 0. The number of ether oxygens (including phenoxy) is 1. The molecule has 8 nitrogen and oxygen atoms in total. The van der Waals surface area contributed by atoms with E-state index in [0.717, 1.165) is 0 Å². The van der Waals surface area contributed by atoms with E-state index in [2.05, 4.69) is 25.9 Å². The van der Waals surface area contributed by atoms with Crippen molar-refractivity contribution in [2.45, 2.75) is 12.8 Å². The van der Waals surface area contributed by atoms with Gasteiger partial charge in [-0.2, -0.15) is 0 Å². The first-order valence-electron chi connectivity index (χ1n) is 12.2. The molecule has 6 rings (SSSR count). The quantitative estimate of drug-likeness (QED) is 0.225. The van der Waals surface area contributed by atoms with Crippen LogP contribution in [-0.4, -0.2) is 23.0 Å².